The van der Waals surface area contributed by atoms with Crippen LogP contribution in [0.2, 0.25) is 0 Å². The van der Waals surface area contributed by atoms with E-state index in [1.807, 2.05) is 32.2 Å². The highest BCUT2D eigenvalue weighted by Crippen LogP contribution is 2.17. The number of nitrogens with one attached hydrogen (secondary N) is 4. The zero-order valence-corrected chi connectivity index (χ0v) is 18.2. The molecule has 1 heterocycles. The van der Waals surface area contributed by atoms with Crippen molar-refractivity contribution in [2.45, 2.75) is 25.2 Å². The molecule has 0 spiro atoms. The van der Waals surface area contributed by atoms with E-state index in [4.69, 9.17) is 0 Å². The van der Waals surface area contributed by atoms with E-state index in [1.165, 1.54) is 10.9 Å². The third-order valence-corrected chi connectivity index (χ3v) is 6.19. The molecule has 0 saturated heterocycles. The first-order valence-corrected chi connectivity index (χ1v) is 11.6. The molecule has 0 radical (unpaired) electrons. The Morgan fingerprint density at radius 3 is 2.57 bits per heavy atom. The lowest BCUT2D eigenvalue weighted by Gasteiger charge is -2.11. The Labute approximate surface area is 178 Å². The highest BCUT2D eigenvalue weighted by atomic mass is 32.2. The molecule has 0 saturated carbocycles. The summed E-state index contributed by atoms with van der Waals surface area (Å²) >= 11 is 0. The van der Waals surface area contributed by atoms with Gasteiger partial charge in [0.05, 0.1) is 11.4 Å². The second kappa shape index (κ2) is 10.3. The normalized spacial score (nSPS) is 12.3. The molecule has 0 aliphatic rings. The number of para-hydroxylation sites is 1. The van der Waals surface area contributed by atoms with E-state index in [2.05, 4.69) is 37.5 Å². The number of rotatable bonds is 9. The van der Waals surface area contributed by atoms with Crippen molar-refractivity contribution < 1.29 is 8.42 Å². The van der Waals surface area contributed by atoms with Gasteiger partial charge in [0.1, 0.15) is 0 Å². The molecule has 3 aromatic rings. The van der Waals surface area contributed by atoms with Crippen LogP contribution < -0.4 is 15.4 Å². The first kappa shape index (κ1) is 21.9. The molecule has 7 nitrogen and oxygen atoms in total. The predicted octanol–water partition coefficient (Wildman–Crippen LogP) is 2.55. The van der Waals surface area contributed by atoms with Crippen LogP contribution in [0.15, 0.2) is 64.6 Å². The number of guanidine groups is 1. The average Bonchev–Trinajstić information content (AvgIpc) is 3.15. The zero-order chi connectivity index (χ0) is 21.4. The molecular weight excluding hydrogens is 398 g/mol. The lowest BCUT2D eigenvalue weighted by atomic mass is 10.1. The van der Waals surface area contributed by atoms with Crippen molar-refractivity contribution >= 4 is 26.9 Å². The summed E-state index contributed by atoms with van der Waals surface area (Å²) in [6.07, 6.45) is 2.89. The van der Waals surface area contributed by atoms with E-state index in [-0.39, 0.29) is 11.4 Å². The van der Waals surface area contributed by atoms with Crippen LogP contribution in [0.25, 0.3) is 10.9 Å². The van der Waals surface area contributed by atoms with Gasteiger partial charge in [0, 0.05) is 36.7 Å². The standard InChI is InChI=1S/C22H29N5O2S/c1-3-23-22(24-13-12-18-16-26-21-7-5-4-6-20(18)21)25-14-15-27-30(28,29)19-10-8-17(2)9-11-19/h4-11,16,26-27H,3,12-15H2,1-2H3,(H2,23,24,25). The lowest BCUT2D eigenvalue weighted by Crippen LogP contribution is -2.39. The number of fused-ring (bicyclic) bond motifs is 1. The molecule has 0 bridgehead atoms. The van der Waals surface area contributed by atoms with E-state index in [9.17, 15) is 8.42 Å². The van der Waals surface area contributed by atoms with Gasteiger partial charge in [0.25, 0.3) is 0 Å². The van der Waals surface area contributed by atoms with Gasteiger partial charge in [-0.3, -0.25) is 4.99 Å². The number of aliphatic imine (C=N–C) groups is 1. The fourth-order valence-electron chi connectivity index (χ4n) is 3.14. The van der Waals surface area contributed by atoms with E-state index in [0.717, 1.165) is 30.6 Å². The van der Waals surface area contributed by atoms with Gasteiger partial charge in [0.2, 0.25) is 10.0 Å². The Morgan fingerprint density at radius 2 is 1.80 bits per heavy atom. The van der Waals surface area contributed by atoms with Crippen molar-refractivity contribution in [2.75, 3.05) is 26.2 Å². The molecule has 0 atom stereocenters. The van der Waals surface area contributed by atoms with Crippen LogP contribution in [0.4, 0.5) is 0 Å². The Bertz CT molecular complexity index is 1090. The number of nitrogens with zero attached hydrogens (tertiary/aromatic N) is 1. The maximum absolute atomic E-state index is 12.3. The molecule has 30 heavy (non-hydrogen) atoms. The van der Waals surface area contributed by atoms with E-state index < -0.39 is 10.0 Å². The molecule has 0 aliphatic heterocycles. The molecule has 0 aliphatic carbocycles. The molecule has 0 fully saturated rings. The smallest absolute Gasteiger partial charge is 0.240 e. The summed E-state index contributed by atoms with van der Waals surface area (Å²) in [6, 6.07) is 15.0. The number of aryl methyl sites for hydroxylation is 1. The van der Waals surface area contributed by atoms with Gasteiger partial charge < -0.3 is 15.6 Å². The maximum Gasteiger partial charge on any atom is 0.240 e. The molecule has 8 heteroatoms. The minimum atomic E-state index is -3.52. The van der Waals surface area contributed by atoms with Crippen molar-refractivity contribution in [3.8, 4) is 0 Å². The van der Waals surface area contributed by atoms with Crippen molar-refractivity contribution in [1.29, 1.82) is 0 Å². The Morgan fingerprint density at radius 1 is 1.03 bits per heavy atom. The third-order valence-electron chi connectivity index (χ3n) is 4.71. The highest BCUT2D eigenvalue weighted by molar-refractivity contribution is 7.89. The predicted molar refractivity (Wildman–Crippen MR) is 122 cm³/mol. The quantitative estimate of drug-likeness (QED) is 0.240. The van der Waals surface area contributed by atoms with Gasteiger partial charge in [-0.15, -0.1) is 0 Å². The summed E-state index contributed by atoms with van der Waals surface area (Å²) < 4.78 is 27.3. The lowest BCUT2D eigenvalue weighted by molar-refractivity contribution is 0.582. The second-order valence-electron chi connectivity index (χ2n) is 7.01. The number of benzene rings is 2. The van der Waals surface area contributed by atoms with Crippen molar-refractivity contribution in [1.82, 2.24) is 20.3 Å². The summed E-state index contributed by atoms with van der Waals surface area (Å²) in [5.41, 5.74) is 3.40. The van der Waals surface area contributed by atoms with Crippen molar-refractivity contribution in [3.63, 3.8) is 0 Å². The van der Waals surface area contributed by atoms with Crippen molar-refractivity contribution in [2.24, 2.45) is 4.99 Å². The van der Waals surface area contributed by atoms with Gasteiger partial charge in [-0.2, -0.15) is 0 Å². The molecule has 0 amide bonds. The minimum absolute atomic E-state index is 0.231. The number of aromatic amines is 1. The Hall–Kier alpha value is -2.84. The fourth-order valence-corrected chi connectivity index (χ4v) is 4.17. The summed E-state index contributed by atoms with van der Waals surface area (Å²) in [5.74, 6) is 0.673. The van der Waals surface area contributed by atoms with E-state index in [0.29, 0.717) is 12.5 Å². The SMILES string of the molecule is CCNC(=NCCNS(=O)(=O)c1ccc(C)cc1)NCCc1c[nH]c2ccccc12. The summed E-state index contributed by atoms with van der Waals surface area (Å²) in [4.78, 5) is 8.01. The molecule has 4 N–H and O–H groups in total. The van der Waals surface area contributed by atoms with Gasteiger partial charge in [-0.25, -0.2) is 13.1 Å². The Kier molecular flexibility index (Phi) is 7.48. The van der Waals surface area contributed by atoms with Crippen LogP contribution in [0, 0.1) is 6.92 Å². The largest absolute Gasteiger partial charge is 0.361 e. The fraction of sp³-hybridized carbons (Fsp3) is 0.318. The van der Waals surface area contributed by atoms with E-state index >= 15 is 0 Å². The molecule has 0 unspecified atom stereocenters. The second-order valence-corrected chi connectivity index (χ2v) is 8.77. The monoisotopic (exact) mass is 427 g/mol. The molecule has 1 aromatic heterocycles. The molecule has 2 aromatic carbocycles. The van der Waals surface area contributed by atoms with Gasteiger partial charge in [-0.1, -0.05) is 35.9 Å². The van der Waals surface area contributed by atoms with Gasteiger partial charge >= 0.3 is 0 Å². The van der Waals surface area contributed by atoms with Crippen LogP contribution in [0.1, 0.15) is 18.1 Å². The van der Waals surface area contributed by atoms with Crippen LogP contribution in [-0.4, -0.2) is 45.5 Å². The minimum Gasteiger partial charge on any atom is -0.361 e. The number of sulfonamides is 1. The Balaban J connectivity index is 1.49. The zero-order valence-electron chi connectivity index (χ0n) is 17.4. The molecular formula is C22H29N5O2S. The van der Waals surface area contributed by atoms with E-state index in [1.54, 1.807) is 24.3 Å². The summed E-state index contributed by atoms with van der Waals surface area (Å²) in [5, 5.41) is 7.72. The molecule has 160 valence electrons. The third kappa shape index (κ3) is 5.84. The first-order chi connectivity index (χ1) is 14.5. The topological polar surface area (TPSA) is 98.4 Å². The highest BCUT2D eigenvalue weighted by Gasteiger charge is 2.12. The maximum atomic E-state index is 12.3. The van der Waals surface area contributed by atoms with Crippen LogP contribution >= 0.6 is 0 Å². The number of hydrogen-bond acceptors (Lipinski definition) is 3. The molecule has 3 rings (SSSR count). The number of aromatic nitrogens is 1. The number of hydrogen-bond donors (Lipinski definition) is 4. The summed E-state index contributed by atoms with van der Waals surface area (Å²) in [7, 11) is -3.52. The number of H-pyrrole nitrogens is 1. The van der Waals surface area contributed by atoms with Crippen LogP contribution in [0.3, 0.4) is 0 Å². The first-order valence-electron chi connectivity index (χ1n) is 10.1. The summed E-state index contributed by atoms with van der Waals surface area (Å²) in [6.45, 7) is 5.95. The van der Waals surface area contributed by atoms with Crippen molar-refractivity contribution in [3.05, 3.63) is 65.9 Å². The van der Waals surface area contributed by atoms with Gasteiger partial charge in [0.15, 0.2) is 5.96 Å². The van der Waals surface area contributed by atoms with Crippen LogP contribution in [-0.2, 0) is 16.4 Å². The average molecular weight is 428 g/mol. The van der Waals surface area contributed by atoms with Gasteiger partial charge in [-0.05, 0) is 44.0 Å². The van der Waals surface area contributed by atoms with Crippen LogP contribution in [0.5, 0.6) is 0 Å².